The van der Waals surface area contributed by atoms with Crippen LogP contribution in [-0.4, -0.2) is 24.2 Å². The molecule has 1 rings (SSSR count). The van der Waals surface area contributed by atoms with E-state index in [-0.39, 0.29) is 0 Å². The highest BCUT2D eigenvalue weighted by Crippen LogP contribution is 2.22. The summed E-state index contributed by atoms with van der Waals surface area (Å²) in [5.41, 5.74) is 4.84. The van der Waals surface area contributed by atoms with Gasteiger partial charge in [-0.15, -0.1) is 0 Å². The lowest BCUT2D eigenvalue weighted by atomic mass is 10.0. The van der Waals surface area contributed by atoms with Crippen LogP contribution in [-0.2, 0) is 4.74 Å². The van der Waals surface area contributed by atoms with Gasteiger partial charge in [0.1, 0.15) is 0 Å². The Kier molecular flexibility index (Phi) is 3.56. The van der Waals surface area contributed by atoms with E-state index in [1.807, 2.05) is 11.8 Å². The Morgan fingerprint density at radius 3 is 2.73 bits per heavy atom. The number of primary amides is 1. The van der Waals surface area contributed by atoms with Crippen LogP contribution in [0.2, 0.25) is 0 Å². The molecule has 0 spiro atoms. The number of carbonyl (C=O) groups is 1. The van der Waals surface area contributed by atoms with Crippen LogP contribution in [0.25, 0.3) is 0 Å². The molecule has 2 N–H and O–H groups in total. The maximum absolute atomic E-state index is 10.2. The van der Waals surface area contributed by atoms with Gasteiger partial charge in [0.2, 0.25) is 0 Å². The van der Waals surface area contributed by atoms with E-state index in [1.54, 1.807) is 0 Å². The Bertz CT molecular complexity index is 134. The number of rotatable bonds is 2. The lowest BCUT2D eigenvalue weighted by Crippen LogP contribution is -2.21. The second-order valence-corrected chi connectivity index (χ2v) is 3.91. The SMILES string of the molecule is NC(=O)OCC1CCSCC1. The van der Waals surface area contributed by atoms with Crippen molar-refractivity contribution < 1.29 is 9.53 Å². The van der Waals surface area contributed by atoms with Crippen LogP contribution in [0.1, 0.15) is 12.8 Å². The van der Waals surface area contributed by atoms with Gasteiger partial charge in [0.15, 0.2) is 0 Å². The highest BCUT2D eigenvalue weighted by atomic mass is 32.2. The van der Waals surface area contributed by atoms with Crippen molar-refractivity contribution in [2.45, 2.75) is 12.8 Å². The summed E-state index contributed by atoms with van der Waals surface area (Å²) < 4.78 is 4.71. The van der Waals surface area contributed by atoms with Crippen molar-refractivity contribution in [1.29, 1.82) is 0 Å². The Morgan fingerprint density at radius 2 is 2.18 bits per heavy atom. The standard InChI is InChI=1S/C7H13NO2S/c8-7(9)10-5-6-1-3-11-4-2-6/h6H,1-5H2,(H2,8,9). The number of amides is 1. The fourth-order valence-electron chi connectivity index (χ4n) is 1.11. The molecule has 0 unspecified atom stereocenters. The Balaban J connectivity index is 2.09. The predicted octanol–water partition coefficient (Wildman–Crippen LogP) is 1.22. The van der Waals surface area contributed by atoms with Gasteiger partial charge < -0.3 is 10.5 Å². The maximum atomic E-state index is 10.2. The molecule has 1 amide bonds. The fraction of sp³-hybridized carbons (Fsp3) is 0.857. The molecular formula is C7H13NO2S. The van der Waals surface area contributed by atoms with Crippen molar-refractivity contribution in [2.24, 2.45) is 11.7 Å². The third-order valence-electron chi connectivity index (χ3n) is 1.80. The average molecular weight is 175 g/mol. The molecule has 0 bridgehead atoms. The normalized spacial score (nSPS) is 19.6. The van der Waals surface area contributed by atoms with Crippen LogP contribution >= 0.6 is 11.8 Å². The largest absolute Gasteiger partial charge is 0.449 e. The van der Waals surface area contributed by atoms with Gasteiger partial charge in [-0.05, 0) is 30.3 Å². The molecule has 1 aliphatic heterocycles. The van der Waals surface area contributed by atoms with Crippen molar-refractivity contribution in [3.05, 3.63) is 0 Å². The van der Waals surface area contributed by atoms with E-state index in [0.29, 0.717) is 12.5 Å². The van der Waals surface area contributed by atoms with E-state index in [9.17, 15) is 4.79 Å². The van der Waals surface area contributed by atoms with Gasteiger partial charge in [-0.25, -0.2) is 4.79 Å². The highest BCUT2D eigenvalue weighted by Gasteiger charge is 2.14. The van der Waals surface area contributed by atoms with Gasteiger partial charge in [0.25, 0.3) is 0 Å². The summed E-state index contributed by atoms with van der Waals surface area (Å²) in [5.74, 6) is 2.92. The first-order valence-electron chi connectivity index (χ1n) is 3.79. The molecule has 1 fully saturated rings. The second kappa shape index (κ2) is 4.49. The molecule has 0 atom stereocenters. The molecule has 0 aliphatic carbocycles. The molecule has 3 nitrogen and oxygen atoms in total. The van der Waals surface area contributed by atoms with Crippen molar-refractivity contribution in [2.75, 3.05) is 18.1 Å². The van der Waals surface area contributed by atoms with Crippen LogP contribution < -0.4 is 5.73 Å². The molecule has 0 aromatic carbocycles. The molecule has 4 heteroatoms. The third kappa shape index (κ3) is 3.51. The first kappa shape index (κ1) is 8.71. The summed E-state index contributed by atoms with van der Waals surface area (Å²) >= 11 is 1.96. The average Bonchev–Trinajstić information content (AvgIpc) is 2.03. The molecule has 0 radical (unpaired) electrons. The van der Waals surface area contributed by atoms with Crippen LogP contribution in [0.3, 0.4) is 0 Å². The molecule has 1 aliphatic rings. The Morgan fingerprint density at radius 1 is 1.55 bits per heavy atom. The number of thioether (sulfide) groups is 1. The fourth-order valence-corrected chi connectivity index (χ4v) is 2.32. The summed E-state index contributed by atoms with van der Waals surface area (Å²) in [5, 5.41) is 0. The molecule has 0 aromatic rings. The molecule has 1 saturated heterocycles. The van der Waals surface area contributed by atoms with Crippen molar-refractivity contribution in [3.8, 4) is 0 Å². The molecule has 1 heterocycles. The number of hydrogen-bond donors (Lipinski definition) is 1. The minimum Gasteiger partial charge on any atom is -0.449 e. The molecule has 0 saturated carbocycles. The van der Waals surface area contributed by atoms with Gasteiger partial charge in [-0.3, -0.25) is 0 Å². The second-order valence-electron chi connectivity index (χ2n) is 2.69. The zero-order valence-electron chi connectivity index (χ0n) is 6.41. The van der Waals surface area contributed by atoms with Crippen molar-refractivity contribution in [1.82, 2.24) is 0 Å². The summed E-state index contributed by atoms with van der Waals surface area (Å²) in [4.78, 5) is 10.2. The lowest BCUT2D eigenvalue weighted by molar-refractivity contribution is 0.134. The molecule has 0 aromatic heterocycles. The monoisotopic (exact) mass is 175 g/mol. The van der Waals surface area contributed by atoms with Crippen LogP contribution in [0.4, 0.5) is 4.79 Å². The van der Waals surface area contributed by atoms with E-state index >= 15 is 0 Å². The molecular weight excluding hydrogens is 162 g/mol. The number of ether oxygens (including phenoxy) is 1. The van der Waals surface area contributed by atoms with Crippen LogP contribution in [0.15, 0.2) is 0 Å². The molecule has 11 heavy (non-hydrogen) atoms. The summed E-state index contributed by atoms with van der Waals surface area (Å²) in [6.07, 6.45) is 1.65. The zero-order chi connectivity index (χ0) is 8.10. The minimum atomic E-state index is -0.650. The van der Waals surface area contributed by atoms with Gasteiger partial charge in [0.05, 0.1) is 6.61 Å². The zero-order valence-corrected chi connectivity index (χ0v) is 7.23. The number of hydrogen-bond acceptors (Lipinski definition) is 3. The van der Waals surface area contributed by atoms with E-state index in [1.165, 1.54) is 11.5 Å². The summed E-state index contributed by atoms with van der Waals surface area (Å²) in [6.45, 7) is 0.510. The smallest absolute Gasteiger partial charge is 0.404 e. The topological polar surface area (TPSA) is 52.3 Å². The number of nitrogens with two attached hydrogens (primary N) is 1. The van der Waals surface area contributed by atoms with Crippen LogP contribution in [0, 0.1) is 5.92 Å². The Labute approximate surface area is 70.7 Å². The maximum Gasteiger partial charge on any atom is 0.404 e. The first-order chi connectivity index (χ1) is 5.29. The van der Waals surface area contributed by atoms with Crippen molar-refractivity contribution in [3.63, 3.8) is 0 Å². The number of carbonyl (C=O) groups excluding carboxylic acids is 1. The Hall–Kier alpha value is -0.380. The van der Waals surface area contributed by atoms with E-state index in [4.69, 9.17) is 10.5 Å². The van der Waals surface area contributed by atoms with Gasteiger partial charge in [-0.2, -0.15) is 11.8 Å². The van der Waals surface area contributed by atoms with E-state index in [2.05, 4.69) is 0 Å². The first-order valence-corrected chi connectivity index (χ1v) is 4.94. The van der Waals surface area contributed by atoms with Crippen molar-refractivity contribution >= 4 is 17.9 Å². The minimum absolute atomic E-state index is 0.510. The van der Waals surface area contributed by atoms with E-state index < -0.39 is 6.09 Å². The molecule has 64 valence electrons. The summed E-state index contributed by atoms with van der Waals surface area (Å²) in [6, 6.07) is 0. The van der Waals surface area contributed by atoms with Gasteiger partial charge in [-0.1, -0.05) is 0 Å². The van der Waals surface area contributed by atoms with Crippen LogP contribution in [0.5, 0.6) is 0 Å². The third-order valence-corrected chi connectivity index (χ3v) is 2.85. The van der Waals surface area contributed by atoms with Gasteiger partial charge in [0, 0.05) is 0 Å². The quantitative estimate of drug-likeness (QED) is 0.686. The highest BCUT2D eigenvalue weighted by molar-refractivity contribution is 7.99. The van der Waals surface area contributed by atoms with E-state index in [0.717, 1.165) is 12.8 Å². The summed E-state index contributed by atoms with van der Waals surface area (Å²) in [7, 11) is 0. The van der Waals surface area contributed by atoms with Gasteiger partial charge >= 0.3 is 6.09 Å². The predicted molar refractivity (Wildman–Crippen MR) is 45.6 cm³/mol. The lowest BCUT2D eigenvalue weighted by Gasteiger charge is -2.20.